The molecule has 0 heterocycles. The molecule has 10 heteroatoms. The number of rotatable bonds is 62. The molecule has 1 amide bonds. The monoisotopic (exact) mass is 1170 g/mol. The average molecular weight is 1170 g/mol. The van der Waals surface area contributed by atoms with Crippen LogP contribution in [-0.2, 0) is 27.9 Å². The number of phosphoric ester groups is 1. The van der Waals surface area contributed by atoms with Gasteiger partial charge in [0.15, 0.2) is 0 Å². The number of quaternary nitrogens is 1. The van der Waals surface area contributed by atoms with Crippen LogP contribution in [0, 0.1) is 0 Å². The fraction of sp³-hybridized carbons (Fsp3) is 0.778. The highest BCUT2D eigenvalue weighted by Gasteiger charge is 2.27. The van der Waals surface area contributed by atoms with E-state index in [0.29, 0.717) is 23.9 Å². The molecule has 0 aromatic rings. The first-order valence-electron chi connectivity index (χ1n) is 34.4. The van der Waals surface area contributed by atoms with Gasteiger partial charge in [-0.3, -0.25) is 14.2 Å². The Morgan fingerprint density at radius 3 is 1.17 bits per heavy atom. The fourth-order valence-corrected chi connectivity index (χ4v) is 10.5. The SMILES string of the molecule is CC/C=C\C/C=C\C/C=C\C/C=C\C/C=C\C/C=C\CCCCCCC(=O)OC(/C=C/CCCCCCCCCCCC)C(COP(=O)([O-])OCC[N+](C)(C)C)NC(=O)CCCCCCCCCCCCCCCCCCCCCCC. The molecule has 0 rings (SSSR count). The molecule has 3 unspecified atom stereocenters. The molecule has 0 fully saturated rings. The number of hydrogen-bond donors (Lipinski definition) is 1. The first-order valence-corrected chi connectivity index (χ1v) is 35.9. The molecular weight excluding hydrogens is 1040 g/mol. The number of allylic oxidation sites excluding steroid dienone is 13. The van der Waals surface area contributed by atoms with Crippen LogP contribution in [0.25, 0.3) is 0 Å². The molecule has 0 spiro atoms. The number of nitrogens with zero attached hydrogens (tertiary/aromatic N) is 1. The Balaban J connectivity index is 5.17. The maximum Gasteiger partial charge on any atom is 0.306 e. The van der Waals surface area contributed by atoms with Gasteiger partial charge in [-0.15, -0.1) is 0 Å². The summed E-state index contributed by atoms with van der Waals surface area (Å²) in [6.07, 6.45) is 81.3. The minimum atomic E-state index is -4.71. The van der Waals surface area contributed by atoms with E-state index in [-0.39, 0.29) is 24.9 Å². The Kier molecular flexibility index (Phi) is 59.2. The Morgan fingerprint density at radius 1 is 0.439 bits per heavy atom. The molecule has 0 bridgehead atoms. The van der Waals surface area contributed by atoms with Gasteiger partial charge in [0.25, 0.3) is 7.82 Å². The molecular formula is C72H131N2O7P. The summed E-state index contributed by atoms with van der Waals surface area (Å²) in [5.74, 6) is -0.562. The lowest BCUT2D eigenvalue weighted by Gasteiger charge is -2.30. The number of carbonyl (C=O) groups is 2. The normalized spacial score (nSPS) is 14.1. The van der Waals surface area contributed by atoms with E-state index in [9.17, 15) is 19.0 Å². The molecule has 0 saturated heterocycles. The number of amides is 1. The molecule has 0 aliphatic rings. The summed E-state index contributed by atoms with van der Waals surface area (Å²) in [4.78, 5) is 40.1. The van der Waals surface area contributed by atoms with Crippen molar-refractivity contribution in [2.45, 2.75) is 322 Å². The molecule has 476 valence electrons. The largest absolute Gasteiger partial charge is 0.756 e. The number of likely N-dealkylation sites (N-methyl/N-ethyl adjacent to an activating group) is 1. The van der Waals surface area contributed by atoms with E-state index in [0.717, 1.165) is 103 Å². The maximum absolute atomic E-state index is 13.6. The van der Waals surface area contributed by atoms with Crippen LogP contribution in [0.1, 0.15) is 310 Å². The lowest BCUT2D eigenvalue weighted by Crippen LogP contribution is -2.47. The Hall–Kier alpha value is -2.81. The van der Waals surface area contributed by atoms with Gasteiger partial charge >= 0.3 is 5.97 Å². The number of esters is 1. The molecule has 0 saturated carbocycles. The van der Waals surface area contributed by atoms with Gasteiger partial charge in [-0.25, -0.2) is 0 Å². The van der Waals surface area contributed by atoms with Crippen LogP contribution >= 0.6 is 7.82 Å². The third-order valence-corrected chi connectivity index (χ3v) is 16.1. The minimum Gasteiger partial charge on any atom is -0.756 e. The van der Waals surface area contributed by atoms with Gasteiger partial charge in [0, 0.05) is 12.8 Å². The Labute approximate surface area is 507 Å². The van der Waals surface area contributed by atoms with Gasteiger partial charge in [-0.2, -0.15) is 0 Å². The van der Waals surface area contributed by atoms with Gasteiger partial charge in [0.1, 0.15) is 19.3 Å². The van der Waals surface area contributed by atoms with Crippen molar-refractivity contribution < 1.29 is 37.3 Å². The highest BCUT2D eigenvalue weighted by Crippen LogP contribution is 2.38. The van der Waals surface area contributed by atoms with Crippen molar-refractivity contribution in [2.75, 3.05) is 40.9 Å². The van der Waals surface area contributed by atoms with Crippen LogP contribution in [-0.4, -0.2) is 69.4 Å². The second-order valence-electron chi connectivity index (χ2n) is 24.3. The number of unbranched alkanes of at least 4 members (excludes halogenated alkanes) is 34. The summed E-state index contributed by atoms with van der Waals surface area (Å²) >= 11 is 0. The second kappa shape index (κ2) is 61.3. The lowest BCUT2D eigenvalue weighted by atomic mass is 10.0. The standard InChI is InChI=1S/C72H131N2O7P/c1-7-10-13-16-19-22-25-28-30-32-34-36-37-39-41-43-45-47-50-53-56-59-62-65-72(76)81-70(63-60-57-54-51-48-27-24-21-18-15-12-9-3)69(68-80-82(77,78)79-67-66-74(4,5)6)73-71(75)64-61-58-55-52-49-46-44-42-40-38-35-33-31-29-26-23-20-17-14-11-8-2/h10,13,19,22,28,30,34,36,39,41,45,47,60,63,69-70H,7-9,11-12,14-18,20-21,23-27,29,31-33,35,37-38,40,42-44,46,48-59,61-62,64-68H2,1-6H3,(H-,73,75,77,78)/b13-10-,22-19-,30-28-,36-34-,41-39-,47-45-,63-60+. The van der Waals surface area contributed by atoms with E-state index in [1.165, 1.54) is 167 Å². The first kappa shape index (κ1) is 79.2. The molecule has 0 aromatic carbocycles. The third kappa shape index (κ3) is 61.7. The highest BCUT2D eigenvalue weighted by atomic mass is 31.2. The zero-order valence-electron chi connectivity index (χ0n) is 54.4. The van der Waals surface area contributed by atoms with Crippen LogP contribution in [0.2, 0.25) is 0 Å². The van der Waals surface area contributed by atoms with E-state index in [1.54, 1.807) is 0 Å². The van der Waals surface area contributed by atoms with Crippen molar-refractivity contribution in [3.8, 4) is 0 Å². The van der Waals surface area contributed by atoms with Gasteiger partial charge in [-0.05, 0) is 83.1 Å². The lowest BCUT2D eigenvalue weighted by molar-refractivity contribution is -0.870. The topological polar surface area (TPSA) is 114 Å². The smallest absolute Gasteiger partial charge is 0.306 e. The van der Waals surface area contributed by atoms with Crippen molar-refractivity contribution in [2.24, 2.45) is 0 Å². The summed E-state index contributed by atoms with van der Waals surface area (Å²) in [5.41, 5.74) is 0. The van der Waals surface area contributed by atoms with Crippen LogP contribution in [0.4, 0.5) is 0 Å². The van der Waals surface area contributed by atoms with Gasteiger partial charge in [0.05, 0.1) is 33.8 Å². The van der Waals surface area contributed by atoms with Crippen molar-refractivity contribution in [3.63, 3.8) is 0 Å². The number of ether oxygens (including phenoxy) is 1. The van der Waals surface area contributed by atoms with Crippen LogP contribution in [0.15, 0.2) is 85.1 Å². The fourth-order valence-electron chi connectivity index (χ4n) is 9.82. The number of phosphoric acid groups is 1. The van der Waals surface area contributed by atoms with E-state index >= 15 is 0 Å². The molecule has 82 heavy (non-hydrogen) atoms. The zero-order valence-corrected chi connectivity index (χ0v) is 55.3. The Bertz CT molecular complexity index is 1680. The quantitative estimate of drug-likeness (QED) is 0.0212. The Morgan fingerprint density at radius 2 is 0.780 bits per heavy atom. The minimum absolute atomic E-state index is 0.0284. The zero-order chi connectivity index (χ0) is 60.0. The number of carbonyl (C=O) groups excluding carboxylic acids is 2. The summed E-state index contributed by atoms with van der Waals surface area (Å²) in [5, 5.41) is 3.04. The molecule has 0 aliphatic heterocycles. The predicted molar refractivity (Wildman–Crippen MR) is 353 cm³/mol. The van der Waals surface area contributed by atoms with Crippen molar-refractivity contribution in [3.05, 3.63) is 85.1 Å². The maximum atomic E-state index is 13.6. The summed E-state index contributed by atoms with van der Waals surface area (Å²) in [7, 11) is 1.17. The first-order chi connectivity index (χ1) is 39.9. The molecule has 0 aliphatic carbocycles. The van der Waals surface area contributed by atoms with Crippen LogP contribution in [0.5, 0.6) is 0 Å². The van der Waals surface area contributed by atoms with Crippen LogP contribution in [0.3, 0.4) is 0 Å². The molecule has 1 N–H and O–H groups in total. The average Bonchev–Trinajstić information content (AvgIpc) is 3.44. The van der Waals surface area contributed by atoms with E-state index in [2.05, 4.69) is 99.0 Å². The van der Waals surface area contributed by atoms with E-state index in [4.69, 9.17) is 13.8 Å². The number of nitrogens with one attached hydrogen (secondary N) is 1. The van der Waals surface area contributed by atoms with Gasteiger partial charge in [-0.1, -0.05) is 299 Å². The van der Waals surface area contributed by atoms with Crippen molar-refractivity contribution >= 4 is 19.7 Å². The second-order valence-corrected chi connectivity index (χ2v) is 25.7. The summed E-state index contributed by atoms with van der Waals surface area (Å²) in [6.45, 7) is 6.74. The van der Waals surface area contributed by atoms with Gasteiger partial charge < -0.3 is 28.5 Å². The molecule has 9 nitrogen and oxygen atoms in total. The highest BCUT2D eigenvalue weighted by molar-refractivity contribution is 7.45. The number of hydrogen-bond acceptors (Lipinski definition) is 7. The summed E-state index contributed by atoms with van der Waals surface area (Å²) < 4.78 is 30.4. The third-order valence-electron chi connectivity index (χ3n) is 15.1. The molecule has 0 aromatic heterocycles. The van der Waals surface area contributed by atoms with Gasteiger partial charge in [0.2, 0.25) is 5.91 Å². The van der Waals surface area contributed by atoms with Crippen molar-refractivity contribution in [1.82, 2.24) is 5.32 Å². The summed E-state index contributed by atoms with van der Waals surface area (Å²) in [6, 6.07) is -0.902. The van der Waals surface area contributed by atoms with E-state index < -0.39 is 26.6 Å². The van der Waals surface area contributed by atoms with Crippen molar-refractivity contribution in [1.29, 1.82) is 0 Å². The van der Waals surface area contributed by atoms with E-state index in [1.807, 2.05) is 33.3 Å². The molecule has 3 atom stereocenters. The van der Waals surface area contributed by atoms with Crippen LogP contribution < -0.4 is 10.2 Å². The molecule has 0 radical (unpaired) electrons. The predicted octanol–water partition coefficient (Wildman–Crippen LogP) is 21.1.